The fourth-order valence-corrected chi connectivity index (χ4v) is 1.71. The van der Waals surface area contributed by atoms with Crippen LogP contribution in [0.2, 0.25) is 0 Å². The lowest BCUT2D eigenvalue weighted by atomic mass is 9.77. The van der Waals surface area contributed by atoms with E-state index in [1.54, 1.807) is 0 Å². The zero-order valence-electron chi connectivity index (χ0n) is 10.1. The lowest BCUT2D eigenvalue weighted by Gasteiger charge is -2.38. The Labute approximate surface area is 95.6 Å². The second-order valence-electron chi connectivity index (χ2n) is 5.39. The van der Waals surface area contributed by atoms with Crippen LogP contribution in [-0.2, 0) is 9.59 Å². The number of carboxylic acid groups (broad SMARTS) is 1. The number of rotatable bonds is 4. The van der Waals surface area contributed by atoms with Crippen molar-refractivity contribution in [2.24, 2.45) is 0 Å². The molecule has 0 aromatic rings. The molecule has 16 heavy (non-hydrogen) atoms. The third-order valence-corrected chi connectivity index (χ3v) is 2.72. The molecule has 0 saturated heterocycles. The summed E-state index contributed by atoms with van der Waals surface area (Å²) in [5, 5.41) is 14.7. The summed E-state index contributed by atoms with van der Waals surface area (Å²) in [7, 11) is 0. The maximum atomic E-state index is 11.5. The largest absolute Gasteiger partial charge is 0.480 e. The first kappa shape index (κ1) is 13.0. The van der Waals surface area contributed by atoms with Gasteiger partial charge in [0.1, 0.15) is 5.54 Å². The molecule has 0 atom stereocenters. The van der Waals surface area contributed by atoms with Gasteiger partial charge in [-0.15, -0.1) is 0 Å². The average molecular weight is 228 g/mol. The molecule has 0 aromatic heterocycles. The van der Waals surface area contributed by atoms with Crippen LogP contribution in [0.1, 0.15) is 40.0 Å². The van der Waals surface area contributed by atoms with Gasteiger partial charge in [0, 0.05) is 5.54 Å². The molecule has 0 aliphatic heterocycles. The molecule has 5 heteroatoms. The summed E-state index contributed by atoms with van der Waals surface area (Å²) in [6.07, 6.45) is 2.11. The van der Waals surface area contributed by atoms with Crippen molar-refractivity contribution >= 4 is 11.9 Å². The van der Waals surface area contributed by atoms with Crippen molar-refractivity contribution in [3.63, 3.8) is 0 Å². The molecular weight excluding hydrogens is 208 g/mol. The van der Waals surface area contributed by atoms with Crippen molar-refractivity contribution in [2.45, 2.75) is 51.1 Å². The lowest BCUT2D eigenvalue weighted by Crippen LogP contribution is -2.59. The number of hydrogen-bond donors (Lipinski definition) is 3. The maximum Gasteiger partial charge on any atom is 0.323 e. The van der Waals surface area contributed by atoms with Crippen LogP contribution in [0.5, 0.6) is 0 Å². The minimum Gasteiger partial charge on any atom is -0.480 e. The maximum absolute atomic E-state index is 11.5. The van der Waals surface area contributed by atoms with E-state index in [0.717, 1.165) is 6.42 Å². The lowest BCUT2D eigenvalue weighted by molar-refractivity contribution is -0.149. The van der Waals surface area contributed by atoms with Crippen LogP contribution in [0.4, 0.5) is 0 Å². The standard InChI is InChI=1S/C11H20N2O3/c1-10(2,3)13-8(14)7-12-11(9(15)16)5-4-6-11/h12H,4-7H2,1-3H3,(H,13,14)(H,15,16). The molecule has 0 bridgehead atoms. The van der Waals surface area contributed by atoms with Crippen LogP contribution >= 0.6 is 0 Å². The van der Waals surface area contributed by atoms with Gasteiger partial charge in [-0.1, -0.05) is 0 Å². The van der Waals surface area contributed by atoms with Crippen LogP contribution in [0, 0.1) is 0 Å². The average Bonchev–Trinajstić information content (AvgIpc) is 1.97. The van der Waals surface area contributed by atoms with Crippen molar-refractivity contribution in [2.75, 3.05) is 6.54 Å². The third-order valence-electron chi connectivity index (χ3n) is 2.72. The van der Waals surface area contributed by atoms with Crippen LogP contribution in [0.15, 0.2) is 0 Å². The summed E-state index contributed by atoms with van der Waals surface area (Å²) < 4.78 is 0. The molecule has 1 aliphatic rings. The molecule has 1 saturated carbocycles. The molecule has 5 nitrogen and oxygen atoms in total. The fourth-order valence-electron chi connectivity index (χ4n) is 1.71. The van der Waals surface area contributed by atoms with Gasteiger partial charge in [0.15, 0.2) is 0 Å². The highest BCUT2D eigenvalue weighted by atomic mass is 16.4. The molecule has 92 valence electrons. The van der Waals surface area contributed by atoms with E-state index in [9.17, 15) is 9.59 Å². The molecule has 0 heterocycles. The zero-order valence-corrected chi connectivity index (χ0v) is 10.1. The first-order valence-electron chi connectivity index (χ1n) is 5.55. The van der Waals surface area contributed by atoms with Crippen molar-refractivity contribution < 1.29 is 14.7 Å². The summed E-state index contributed by atoms with van der Waals surface area (Å²) in [5.74, 6) is -1.03. The van der Waals surface area contributed by atoms with E-state index in [1.165, 1.54) is 0 Å². The van der Waals surface area contributed by atoms with Crippen LogP contribution < -0.4 is 10.6 Å². The van der Waals surface area contributed by atoms with Gasteiger partial charge >= 0.3 is 5.97 Å². The second kappa shape index (κ2) is 4.41. The number of carbonyl (C=O) groups excluding carboxylic acids is 1. The predicted molar refractivity (Wildman–Crippen MR) is 60.1 cm³/mol. The highest BCUT2D eigenvalue weighted by Gasteiger charge is 2.44. The Morgan fingerprint density at radius 1 is 1.31 bits per heavy atom. The molecule has 0 radical (unpaired) electrons. The van der Waals surface area contributed by atoms with Gasteiger partial charge in [-0.2, -0.15) is 0 Å². The molecule has 0 spiro atoms. The van der Waals surface area contributed by atoms with Crippen molar-refractivity contribution in [1.82, 2.24) is 10.6 Å². The second-order valence-corrected chi connectivity index (χ2v) is 5.39. The van der Waals surface area contributed by atoms with E-state index in [2.05, 4.69) is 10.6 Å². The Hall–Kier alpha value is -1.10. The van der Waals surface area contributed by atoms with E-state index < -0.39 is 11.5 Å². The highest BCUT2D eigenvalue weighted by Crippen LogP contribution is 2.31. The number of carbonyl (C=O) groups is 2. The van der Waals surface area contributed by atoms with E-state index in [1.807, 2.05) is 20.8 Å². The van der Waals surface area contributed by atoms with Crippen LogP contribution in [0.3, 0.4) is 0 Å². The highest BCUT2D eigenvalue weighted by molar-refractivity contribution is 5.83. The topological polar surface area (TPSA) is 78.4 Å². The van der Waals surface area contributed by atoms with E-state index in [4.69, 9.17) is 5.11 Å². The number of carboxylic acids is 1. The number of aliphatic carboxylic acids is 1. The third kappa shape index (κ3) is 3.20. The zero-order chi connectivity index (χ0) is 12.4. The van der Waals surface area contributed by atoms with E-state index in [0.29, 0.717) is 12.8 Å². The first-order chi connectivity index (χ1) is 7.25. The predicted octanol–water partition coefficient (Wildman–Crippen LogP) is 0.498. The van der Waals surface area contributed by atoms with Gasteiger partial charge in [-0.25, -0.2) is 0 Å². The van der Waals surface area contributed by atoms with Gasteiger partial charge in [0.05, 0.1) is 6.54 Å². The molecule has 1 rings (SSSR count). The molecule has 1 aliphatic carbocycles. The molecule has 1 amide bonds. The first-order valence-corrected chi connectivity index (χ1v) is 5.55. The number of hydrogen-bond acceptors (Lipinski definition) is 3. The minimum absolute atomic E-state index is 0.0591. The van der Waals surface area contributed by atoms with Crippen LogP contribution in [0.25, 0.3) is 0 Å². The Morgan fingerprint density at radius 2 is 1.88 bits per heavy atom. The number of nitrogens with one attached hydrogen (secondary N) is 2. The molecular formula is C11H20N2O3. The van der Waals surface area contributed by atoms with Gasteiger partial charge in [0.25, 0.3) is 0 Å². The Kier molecular flexibility index (Phi) is 3.57. The van der Waals surface area contributed by atoms with Gasteiger partial charge in [-0.05, 0) is 40.0 Å². The summed E-state index contributed by atoms with van der Waals surface area (Å²) >= 11 is 0. The van der Waals surface area contributed by atoms with Gasteiger partial charge in [0.2, 0.25) is 5.91 Å². The molecule has 0 unspecified atom stereocenters. The van der Waals surface area contributed by atoms with E-state index in [-0.39, 0.29) is 18.0 Å². The van der Waals surface area contributed by atoms with Crippen molar-refractivity contribution in [3.05, 3.63) is 0 Å². The van der Waals surface area contributed by atoms with Gasteiger partial charge < -0.3 is 10.4 Å². The summed E-state index contributed by atoms with van der Waals surface area (Å²) in [5.41, 5.74) is -1.15. The Morgan fingerprint density at radius 3 is 2.19 bits per heavy atom. The van der Waals surface area contributed by atoms with Crippen molar-refractivity contribution in [3.8, 4) is 0 Å². The quantitative estimate of drug-likeness (QED) is 0.654. The molecule has 0 aromatic carbocycles. The normalized spacial score (nSPS) is 18.7. The summed E-state index contributed by atoms with van der Waals surface area (Å²) in [6.45, 7) is 5.73. The fraction of sp³-hybridized carbons (Fsp3) is 0.818. The summed E-state index contributed by atoms with van der Waals surface area (Å²) in [6, 6.07) is 0. The van der Waals surface area contributed by atoms with Crippen LogP contribution in [-0.4, -0.2) is 34.6 Å². The Balaban J connectivity index is 2.39. The molecule has 1 fully saturated rings. The van der Waals surface area contributed by atoms with Crippen molar-refractivity contribution in [1.29, 1.82) is 0 Å². The van der Waals surface area contributed by atoms with Gasteiger partial charge in [-0.3, -0.25) is 14.9 Å². The number of amides is 1. The SMILES string of the molecule is CC(C)(C)NC(=O)CNC1(C(=O)O)CCC1. The Bertz CT molecular complexity index is 290. The van der Waals surface area contributed by atoms with E-state index >= 15 is 0 Å². The summed E-state index contributed by atoms with van der Waals surface area (Å²) in [4.78, 5) is 22.5. The monoisotopic (exact) mass is 228 g/mol. The minimum atomic E-state index is -0.866. The smallest absolute Gasteiger partial charge is 0.323 e. The molecule has 3 N–H and O–H groups in total.